The van der Waals surface area contributed by atoms with E-state index in [1.165, 1.54) is 10.4 Å². The van der Waals surface area contributed by atoms with Crippen LogP contribution in [0.5, 0.6) is 0 Å². The van der Waals surface area contributed by atoms with Crippen molar-refractivity contribution in [2.24, 2.45) is 0 Å². The lowest BCUT2D eigenvalue weighted by molar-refractivity contribution is 0.0443. The number of rotatable bonds is 3. The zero-order chi connectivity index (χ0) is 16.4. The standard InChI is InChI=1S/C18H21N3O2S/c22-17-20-13-18(23-17)7-4-9-21(10-8-18)12-15-11-19-16(24-15)14-5-2-1-3-6-14/h1-3,5-6,11H,4,7-10,12-13H2,(H,20,22)/t18-/m1/s1. The fourth-order valence-corrected chi connectivity index (χ4v) is 4.44. The van der Waals surface area contributed by atoms with E-state index in [0.29, 0.717) is 6.54 Å². The number of amides is 1. The van der Waals surface area contributed by atoms with Crippen molar-refractivity contribution in [3.63, 3.8) is 0 Å². The van der Waals surface area contributed by atoms with Crippen molar-refractivity contribution in [2.45, 2.75) is 31.4 Å². The van der Waals surface area contributed by atoms with Crippen molar-refractivity contribution < 1.29 is 9.53 Å². The number of carbonyl (C=O) groups excluding carboxylic acids is 1. The highest BCUT2D eigenvalue weighted by Crippen LogP contribution is 2.31. The number of aromatic nitrogens is 1. The third-order valence-corrected chi connectivity index (χ3v) is 5.84. The summed E-state index contributed by atoms with van der Waals surface area (Å²) in [5.74, 6) is 0. The number of thiazole rings is 1. The summed E-state index contributed by atoms with van der Waals surface area (Å²) in [6.45, 7) is 3.56. The Bertz CT molecular complexity index is 718. The largest absolute Gasteiger partial charge is 0.441 e. The molecule has 0 saturated carbocycles. The summed E-state index contributed by atoms with van der Waals surface area (Å²) in [6, 6.07) is 10.3. The number of nitrogens with one attached hydrogen (secondary N) is 1. The molecule has 3 heterocycles. The van der Waals surface area contributed by atoms with Crippen LogP contribution >= 0.6 is 11.3 Å². The van der Waals surface area contributed by atoms with Gasteiger partial charge in [-0.1, -0.05) is 30.3 Å². The quantitative estimate of drug-likeness (QED) is 0.929. The van der Waals surface area contributed by atoms with E-state index >= 15 is 0 Å². The Morgan fingerprint density at radius 2 is 2.12 bits per heavy atom. The van der Waals surface area contributed by atoms with Gasteiger partial charge in [0.1, 0.15) is 10.6 Å². The summed E-state index contributed by atoms with van der Waals surface area (Å²) >= 11 is 1.76. The van der Waals surface area contributed by atoms with Gasteiger partial charge < -0.3 is 10.1 Å². The summed E-state index contributed by atoms with van der Waals surface area (Å²) in [5.41, 5.74) is 0.891. The lowest BCUT2D eigenvalue weighted by Gasteiger charge is -2.24. The van der Waals surface area contributed by atoms with Crippen molar-refractivity contribution in [1.82, 2.24) is 15.2 Å². The first-order valence-electron chi connectivity index (χ1n) is 8.42. The molecule has 5 nitrogen and oxygen atoms in total. The van der Waals surface area contributed by atoms with Gasteiger partial charge in [-0.05, 0) is 19.4 Å². The van der Waals surface area contributed by atoms with Crippen molar-refractivity contribution >= 4 is 17.4 Å². The minimum absolute atomic E-state index is 0.265. The molecule has 0 radical (unpaired) electrons. The molecule has 4 rings (SSSR count). The van der Waals surface area contributed by atoms with Gasteiger partial charge >= 0.3 is 6.09 Å². The molecule has 126 valence electrons. The van der Waals surface area contributed by atoms with E-state index in [1.807, 2.05) is 24.4 Å². The number of hydrogen-bond donors (Lipinski definition) is 1. The molecule has 2 aliphatic heterocycles. The molecule has 1 aromatic heterocycles. The molecule has 0 aliphatic carbocycles. The smallest absolute Gasteiger partial charge is 0.407 e. The lowest BCUT2D eigenvalue weighted by atomic mass is 9.95. The van der Waals surface area contributed by atoms with Gasteiger partial charge in [-0.2, -0.15) is 0 Å². The Hall–Kier alpha value is -1.92. The number of likely N-dealkylation sites (tertiary alicyclic amines) is 1. The number of carbonyl (C=O) groups is 1. The van der Waals surface area contributed by atoms with E-state index in [9.17, 15) is 4.79 Å². The van der Waals surface area contributed by atoms with Gasteiger partial charge in [-0.25, -0.2) is 9.78 Å². The molecular formula is C18H21N3O2S. The summed E-state index contributed by atoms with van der Waals surface area (Å²) in [5, 5.41) is 3.88. The second-order valence-corrected chi connectivity index (χ2v) is 7.67. The predicted molar refractivity (Wildman–Crippen MR) is 93.9 cm³/mol. The highest BCUT2D eigenvalue weighted by atomic mass is 32.1. The second kappa shape index (κ2) is 6.53. The van der Waals surface area contributed by atoms with Gasteiger partial charge in [0.25, 0.3) is 0 Å². The molecule has 2 saturated heterocycles. The zero-order valence-corrected chi connectivity index (χ0v) is 14.3. The van der Waals surface area contributed by atoms with Gasteiger partial charge in [0.2, 0.25) is 0 Å². The number of hydrogen-bond acceptors (Lipinski definition) is 5. The minimum atomic E-state index is -0.283. The van der Waals surface area contributed by atoms with Gasteiger partial charge in [-0.15, -0.1) is 11.3 Å². The summed E-state index contributed by atoms with van der Waals surface area (Å²) < 4.78 is 5.54. The summed E-state index contributed by atoms with van der Waals surface area (Å²) in [6.07, 6.45) is 4.62. The predicted octanol–water partition coefficient (Wildman–Crippen LogP) is 3.27. The Kier molecular flexibility index (Phi) is 4.24. The van der Waals surface area contributed by atoms with E-state index in [2.05, 4.69) is 27.3 Å². The Morgan fingerprint density at radius 3 is 2.92 bits per heavy atom. The fourth-order valence-electron chi connectivity index (χ4n) is 3.48. The van der Waals surface area contributed by atoms with Crippen LogP contribution in [0.1, 0.15) is 24.1 Å². The topological polar surface area (TPSA) is 54.5 Å². The molecule has 2 aromatic rings. The molecule has 6 heteroatoms. The maximum Gasteiger partial charge on any atom is 0.407 e. The maximum atomic E-state index is 11.4. The average Bonchev–Trinajstić information content (AvgIpc) is 3.15. The second-order valence-electron chi connectivity index (χ2n) is 6.55. The maximum absolute atomic E-state index is 11.4. The first-order chi connectivity index (χ1) is 11.7. The average molecular weight is 343 g/mol. The molecule has 1 aromatic carbocycles. The van der Waals surface area contributed by atoms with Crippen LogP contribution in [-0.2, 0) is 11.3 Å². The van der Waals surface area contributed by atoms with E-state index in [-0.39, 0.29) is 11.7 Å². The van der Waals surface area contributed by atoms with Gasteiger partial charge in [0.15, 0.2) is 0 Å². The number of benzene rings is 1. The molecule has 24 heavy (non-hydrogen) atoms. The Labute approximate surface area is 145 Å². The van der Waals surface area contributed by atoms with Crippen molar-refractivity contribution in [3.8, 4) is 10.6 Å². The molecule has 1 spiro atoms. The van der Waals surface area contributed by atoms with E-state index in [0.717, 1.165) is 43.9 Å². The highest BCUT2D eigenvalue weighted by molar-refractivity contribution is 7.15. The third kappa shape index (κ3) is 3.30. The van der Waals surface area contributed by atoms with Crippen LogP contribution in [0.25, 0.3) is 10.6 Å². The number of ether oxygens (including phenoxy) is 1. The van der Waals surface area contributed by atoms with Crippen LogP contribution in [0, 0.1) is 0 Å². The first-order valence-corrected chi connectivity index (χ1v) is 9.23. The number of alkyl carbamates (subject to hydrolysis) is 1. The fraction of sp³-hybridized carbons (Fsp3) is 0.444. The highest BCUT2D eigenvalue weighted by Gasteiger charge is 2.41. The van der Waals surface area contributed by atoms with Gasteiger partial charge in [0, 0.05) is 36.1 Å². The van der Waals surface area contributed by atoms with Crippen molar-refractivity contribution in [3.05, 3.63) is 41.4 Å². The van der Waals surface area contributed by atoms with Crippen LogP contribution in [0.15, 0.2) is 36.5 Å². The van der Waals surface area contributed by atoms with Crippen LogP contribution in [0.2, 0.25) is 0 Å². The van der Waals surface area contributed by atoms with E-state index in [1.54, 1.807) is 11.3 Å². The van der Waals surface area contributed by atoms with Crippen molar-refractivity contribution in [2.75, 3.05) is 19.6 Å². The third-order valence-electron chi connectivity index (χ3n) is 4.81. The van der Waals surface area contributed by atoms with E-state index < -0.39 is 0 Å². The van der Waals surface area contributed by atoms with Gasteiger partial charge in [0.05, 0.1) is 6.54 Å². The van der Waals surface area contributed by atoms with Crippen molar-refractivity contribution in [1.29, 1.82) is 0 Å². The van der Waals surface area contributed by atoms with E-state index in [4.69, 9.17) is 4.74 Å². The molecule has 2 aliphatic rings. The molecule has 1 N–H and O–H groups in total. The molecule has 0 unspecified atom stereocenters. The van der Waals surface area contributed by atoms with Crippen LogP contribution in [0.4, 0.5) is 4.79 Å². The Morgan fingerprint density at radius 1 is 1.25 bits per heavy atom. The van der Waals surface area contributed by atoms with Crippen LogP contribution in [-0.4, -0.2) is 41.2 Å². The first kappa shape index (κ1) is 15.6. The molecule has 1 amide bonds. The summed E-state index contributed by atoms with van der Waals surface area (Å²) in [7, 11) is 0. The molecule has 2 fully saturated rings. The molecule has 0 bridgehead atoms. The minimum Gasteiger partial charge on any atom is -0.441 e. The summed E-state index contributed by atoms with van der Waals surface area (Å²) in [4.78, 5) is 19.7. The zero-order valence-electron chi connectivity index (χ0n) is 13.5. The number of nitrogens with zero attached hydrogens (tertiary/aromatic N) is 2. The van der Waals surface area contributed by atoms with Gasteiger partial charge in [-0.3, -0.25) is 4.90 Å². The monoisotopic (exact) mass is 343 g/mol. The SMILES string of the molecule is O=C1NC[C@]2(CCCN(Cc3cnc(-c4ccccc4)s3)CC2)O1. The molecule has 1 atom stereocenters. The van der Waals surface area contributed by atoms with Crippen LogP contribution < -0.4 is 5.32 Å². The van der Waals surface area contributed by atoms with Crippen LogP contribution in [0.3, 0.4) is 0 Å². The normalized spacial score (nSPS) is 24.6. The lowest BCUT2D eigenvalue weighted by Crippen LogP contribution is -2.34. The molecular weight excluding hydrogens is 322 g/mol. The Balaban J connectivity index is 1.39.